The van der Waals surface area contributed by atoms with E-state index in [2.05, 4.69) is 77.8 Å². The molecule has 0 bridgehead atoms. The van der Waals surface area contributed by atoms with Crippen molar-refractivity contribution in [2.24, 2.45) is 0 Å². The van der Waals surface area contributed by atoms with Crippen LogP contribution in [0.1, 0.15) is 11.6 Å². The molecule has 1 heterocycles. The van der Waals surface area contributed by atoms with Crippen molar-refractivity contribution in [2.75, 3.05) is 26.0 Å². The Morgan fingerprint density at radius 2 is 1.76 bits per heavy atom. The van der Waals surface area contributed by atoms with Crippen molar-refractivity contribution in [3.05, 3.63) is 60.2 Å². The van der Waals surface area contributed by atoms with Crippen molar-refractivity contribution in [3.63, 3.8) is 0 Å². The lowest BCUT2D eigenvalue weighted by Gasteiger charge is -2.24. The number of fused-ring (bicyclic) bond motifs is 1. The molecular formula is C17H19N3S. The Morgan fingerprint density at radius 1 is 1.05 bits per heavy atom. The number of aromatic nitrogens is 1. The number of para-hydroxylation sites is 1. The number of rotatable bonds is 5. The Bertz CT molecular complexity index is 673. The molecule has 3 rings (SSSR count). The molecule has 0 aliphatic rings. The van der Waals surface area contributed by atoms with Crippen molar-refractivity contribution in [1.82, 2.24) is 9.88 Å². The van der Waals surface area contributed by atoms with Gasteiger partial charge in [0.05, 0.1) is 16.3 Å². The SMILES string of the molecule is CN(C)C(CNc1nc2ccccc2s1)c1ccccc1. The molecule has 0 aliphatic heterocycles. The van der Waals surface area contributed by atoms with E-state index in [4.69, 9.17) is 0 Å². The fourth-order valence-electron chi connectivity index (χ4n) is 2.41. The standard InChI is InChI=1S/C17H19N3S/c1-20(2)15(13-8-4-3-5-9-13)12-18-17-19-14-10-6-7-11-16(14)21-17/h3-11,15H,12H2,1-2H3,(H,18,19). The molecule has 2 aromatic carbocycles. The molecule has 0 saturated heterocycles. The number of benzene rings is 2. The zero-order chi connectivity index (χ0) is 14.7. The molecule has 1 atom stereocenters. The zero-order valence-corrected chi connectivity index (χ0v) is 13.1. The third kappa shape index (κ3) is 3.23. The van der Waals surface area contributed by atoms with E-state index < -0.39 is 0 Å². The lowest BCUT2D eigenvalue weighted by molar-refractivity contribution is 0.312. The van der Waals surface area contributed by atoms with Gasteiger partial charge in [-0.3, -0.25) is 0 Å². The third-order valence-electron chi connectivity index (χ3n) is 3.55. The van der Waals surface area contributed by atoms with Gasteiger partial charge in [0.1, 0.15) is 0 Å². The van der Waals surface area contributed by atoms with Gasteiger partial charge in [-0.05, 0) is 31.8 Å². The van der Waals surface area contributed by atoms with Crippen molar-refractivity contribution in [1.29, 1.82) is 0 Å². The van der Waals surface area contributed by atoms with Crippen LogP contribution in [-0.2, 0) is 0 Å². The summed E-state index contributed by atoms with van der Waals surface area (Å²) in [7, 11) is 4.22. The van der Waals surface area contributed by atoms with Crippen LogP contribution in [0.25, 0.3) is 10.2 Å². The molecule has 4 heteroatoms. The average molecular weight is 297 g/mol. The van der Waals surface area contributed by atoms with Crippen LogP contribution in [0.15, 0.2) is 54.6 Å². The van der Waals surface area contributed by atoms with E-state index in [1.165, 1.54) is 10.3 Å². The van der Waals surface area contributed by atoms with Crippen LogP contribution in [0.3, 0.4) is 0 Å². The van der Waals surface area contributed by atoms with Crippen molar-refractivity contribution >= 4 is 26.7 Å². The topological polar surface area (TPSA) is 28.2 Å². The second-order valence-corrected chi connectivity index (χ2v) is 6.29. The van der Waals surface area contributed by atoms with E-state index in [0.717, 1.165) is 17.2 Å². The summed E-state index contributed by atoms with van der Waals surface area (Å²) >= 11 is 1.71. The fraction of sp³-hybridized carbons (Fsp3) is 0.235. The maximum absolute atomic E-state index is 4.63. The normalized spacial score (nSPS) is 12.7. The Balaban J connectivity index is 1.75. The van der Waals surface area contributed by atoms with Gasteiger partial charge in [-0.15, -0.1) is 0 Å². The van der Waals surface area contributed by atoms with Gasteiger partial charge in [0.25, 0.3) is 0 Å². The largest absolute Gasteiger partial charge is 0.360 e. The first kappa shape index (κ1) is 14.0. The van der Waals surface area contributed by atoms with Crippen molar-refractivity contribution < 1.29 is 0 Å². The van der Waals surface area contributed by atoms with Crippen molar-refractivity contribution in [3.8, 4) is 0 Å². The Labute approximate surface area is 129 Å². The molecule has 0 radical (unpaired) electrons. The van der Waals surface area contributed by atoms with Crippen LogP contribution in [0, 0.1) is 0 Å². The van der Waals surface area contributed by atoms with E-state index in [0.29, 0.717) is 6.04 Å². The smallest absolute Gasteiger partial charge is 0.183 e. The van der Waals surface area contributed by atoms with E-state index in [9.17, 15) is 0 Å². The van der Waals surface area contributed by atoms with Crippen molar-refractivity contribution in [2.45, 2.75) is 6.04 Å². The summed E-state index contributed by atoms with van der Waals surface area (Å²) in [5, 5.41) is 4.46. The highest BCUT2D eigenvalue weighted by atomic mass is 32.1. The van der Waals surface area contributed by atoms with Gasteiger partial charge >= 0.3 is 0 Å². The molecule has 108 valence electrons. The summed E-state index contributed by atoms with van der Waals surface area (Å²) < 4.78 is 1.22. The second-order valence-electron chi connectivity index (χ2n) is 5.26. The van der Waals surface area contributed by atoms with Gasteiger partial charge in [0.15, 0.2) is 5.13 Å². The monoisotopic (exact) mass is 297 g/mol. The summed E-state index contributed by atoms with van der Waals surface area (Å²) in [5.41, 5.74) is 2.38. The number of hydrogen-bond donors (Lipinski definition) is 1. The molecule has 1 unspecified atom stereocenters. The second kappa shape index (κ2) is 6.24. The number of anilines is 1. The predicted molar refractivity (Wildman–Crippen MR) is 91.0 cm³/mol. The quantitative estimate of drug-likeness (QED) is 0.771. The average Bonchev–Trinajstić information content (AvgIpc) is 2.91. The van der Waals surface area contributed by atoms with Gasteiger partial charge in [0, 0.05) is 6.54 Å². The zero-order valence-electron chi connectivity index (χ0n) is 12.3. The molecular weight excluding hydrogens is 278 g/mol. The first-order valence-corrected chi connectivity index (χ1v) is 7.86. The van der Waals surface area contributed by atoms with E-state index >= 15 is 0 Å². The van der Waals surface area contributed by atoms with Crippen LogP contribution in [0.4, 0.5) is 5.13 Å². The molecule has 1 N–H and O–H groups in total. The minimum absolute atomic E-state index is 0.332. The van der Waals surface area contributed by atoms with Gasteiger partial charge < -0.3 is 10.2 Å². The van der Waals surface area contributed by atoms with Gasteiger partial charge in [-0.1, -0.05) is 53.8 Å². The highest BCUT2D eigenvalue weighted by Gasteiger charge is 2.14. The van der Waals surface area contributed by atoms with Crippen LogP contribution >= 0.6 is 11.3 Å². The first-order chi connectivity index (χ1) is 10.2. The Morgan fingerprint density at radius 3 is 2.48 bits per heavy atom. The van der Waals surface area contributed by atoms with Crippen LogP contribution < -0.4 is 5.32 Å². The minimum Gasteiger partial charge on any atom is -0.360 e. The van der Waals surface area contributed by atoms with E-state index in [1.54, 1.807) is 11.3 Å². The minimum atomic E-state index is 0.332. The first-order valence-electron chi connectivity index (χ1n) is 7.05. The van der Waals surface area contributed by atoms with Crippen LogP contribution in [0.5, 0.6) is 0 Å². The third-order valence-corrected chi connectivity index (χ3v) is 4.54. The fourth-order valence-corrected chi connectivity index (χ4v) is 3.28. The molecule has 0 saturated carbocycles. The maximum atomic E-state index is 4.63. The molecule has 0 aliphatic carbocycles. The van der Waals surface area contributed by atoms with E-state index in [1.807, 2.05) is 6.07 Å². The summed E-state index contributed by atoms with van der Waals surface area (Å²) in [6, 6.07) is 19.1. The maximum Gasteiger partial charge on any atom is 0.183 e. The summed E-state index contributed by atoms with van der Waals surface area (Å²) in [4.78, 5) is 6.86. The Kier molecular flexibility index (Phi) is 4.18. The van der Waals surface area contributed by atoms with Crippen LogP contribution in [-0.4, -0.2) is 30.5 Å². The highest BCUT2D eigenvalue weighted by Crippen LogP contribution is 2.26. The molecule has 1 aromatic heterocycles. The highest BCUT2D eigenvalue weighted by molar-refractivity contribution is 7.22. The Hall–Kier alpha value is -1.91. The molecule has 3 nitrogen and oxygen atoms in total. The number of hydrogen-bond acceptors (Lipinski definition) is 4. The number of nitrogens with zero attached hydrogens (tertiary/aromatic N) is 2. The molecule has 0 spiro atoms. The van der Waals surface area contributed by atoms with Crippen LogP contribution in [0.2, 0.25) is 0 Å². The summed E-state index contributed by atoms with van der Waals surface area (Å²) in [6.07, 6.45) is 0. The summed E-state index contributed by atoms with van der Waals surface area (Å²) in [6.45, 7) is 0.844. The summed E-state index contributed by atoms with van der Waals surface area (Å²) in [5.74, 6) is 0. The lowest BCUT2D eigenvalue weighted by Crippen LogP contribution is -2.26. The molecule has 0 fully saturated rings. The molecule has 21 heavy (non-hydrogen) atoms. The number of thiazole rings is 1. The van der Waals surface area contributed by atoms with Gasteiger partial charge in [0.2, 0.25) is 0 Å². The molecule has 0 amide bonds. The van der Waals surface area contributed by atoms with E-state index in [-0.39, 0.29) is 0 Å². The number of likely N-dealkylation sites (N-methyl/N-ethyl adjacent to an activating group) is 1. The number of nitrogens with one attached hydrogen (secondary N) is 1. The molecule has 3 aromatic rings. The van der Waals surface area contributed by atoms with Gasteiger partial charge in [-0.2, -0.15) is 0 Å². The lowest BCUT2D eigenvalue weighted by atomic mass is 10.1. The predicted octanol–water partition coefficient (Wildman–Crippen LogP) is 4.01. The van der Waals surface area contributed by atoms with Gasteiger partial charge in [-0.25, -0.2) is 4.98 Å².